The van der Waals surface area contributed by atoms with Crippen LogP contribution in [-0.2, 0) is 6.54 Å². The molecule has 0 fully saturated rings. The molecule has 0 saturated carbocycles. The Morgan fingerprint density at radius 2 is 1.90 bits per heavy atom. The van der Waals surface area contributed by atoms with Gasteiger partial charge in [-0.25, -0.2) is 4.79 Å². The molecule has 0 unspecified atom stereocenters. The number of nitrogens with zero attached hydrogens (tertiary/aromatic N) is 1. The van der Waals surface area contributed by atoms with Crippen LogP contribution in [0.15, 0.2) is 27.4 Å². The second-order valence-electron chi connectivity index (χ2n) is 4.52. The van der Waals surface area contributed by atoms with E-state index in [2.05, 4.69) is 0 Å². The molecule has 2 rings (SSSR count). The molecule has 0 saturated heterocycles. The molecule has 0 atom stereocenters. The van der Waals surface area contributed by atoms with Crippen LogP contribution in [0.1, 0.15) is 12.5 Å². The van der Waals surface area contributed by atoms with Gasteiger partial charge in [-0.15, -0.1) is 0 Å². The number of aromatic hydroxyl groups is 2. The lowest BCUT2D eigenvalue weighted by Crippen LogP contribution is -2.26. The fourth-order valence-corrected chi connectivity index (χ4v) is 2.11. The van der Waals surface area contributed by atoms with Crippen molar-refractivity contribution in [1.82, 2.24) is 4.90 Å². The summed E-state index contributed by atoms with van der Waals surface area (Å²) < 4.78 is 5.02. The summed E-state index contributed by atoms with van der Waals surface area (Å²) in [7, 11) is 0. The van der Waals surface area contributed by atoms with Crippen LogP contribution < -0.4 is 5.63 Å². The maximum atomic E-state index is 11.5. The van der Waals surface area contributed by atoms with Crippen LogP contribution in [0.25, 0.3) is 11.0 Å². The SMILES string of the molecule is CCN(CCO)Cc1cc(=O)oc2cc(O)c(O)cc12. The number of fused-ring (bicyclic) bond motifs is 1. The zero-order valence-electron chi connectivity index (χ0n) is 11.2. The maximum Gasteiger partial charge on any atom is 0.336 e. The predicted octanol–water partition coefficient (Wildman–Crippen LogP) is 1.02. The smallest absolute Gasteiger partial charge is 0.336 e. The maximum absolute atomic E-state index is 11.5. The van der Waals surface area contributed by atoms with Crippen molar-refractivity contribution in [3.8, 4) is 11.5 Å². The summed E-state index contributed by atoms with van der Waals surface area (Å²) in [6.45, 7) is 3.63. The van der Waals surface area contributed by atoms with Gasteiger partial charge in [0.15, 0.2) is 11.5 Å². The van der Waals surface area contributed by atoms with Gasteiger partial charge in [0.25, 0.3) is 0 Å². The number of aliphatic hydroxyl groups excluding tert-OH is 1. The molecule has 6 heteroatoms. The van der Waals surface area contributed by atoms with Crippen LogP contribution in [0, 0.1) is 0 Å². The summed E-state index contributed by atoms with van der Waals surface area (Å²) in [5, 5.41) is 28.6. The first-order chi connectivity index (χ1) is 9.55. The third-order valence-electron chi connectivity index (χ3n) is 3.18. The van der Waals surface area contributed by atoms with Crippen LogP contribution in [0.4, 0.5) is 0 Å². The standard InChI is InChI=1S/C14H17NO5/c1-2-15(3-4-16)8-9-5-14(19)20-13-7-12(18)11(17)6-10(9)13/h5-7,16-18H,2-4,8H2,1H3. The van der Waals surface area contributed by atoms with Gasteiger partial charge in [-0.1, -0.05) is 6.92 Å². The molecular formula is C14H17NO5. The topological polar surface area (TPSA) is 94.1 Å². The summed E-state index contributed by atoms with van der Waals surface area (Å²) in [5.74, 6) is -0.599. The zero-order chi connectivity index (χ0) is 14.7. The predicted molar refractivity (Wildman–Crippen MR) is 73.9 cm³/mol. The highest BCUT2D eigenvalue weighted by Crippen LogP contribution is 2.31. The normalized spacial score (nSPS) is 11.3. The number of likely N-dealkylation sites (N-methyl/N-ethyl adjacent to an activating group) is 1. The second kappa shape index (κ2) is 5.94. The summed E-state index contributed by atoms with van der Waals surface area (Å²) in [4.78, 5) is 13.5. The number of benzene rings is 1. The summed E-state index contributed by atoms with van der Waals surface area (Å²) in [6.07, 6.45) is 0. The minimum absolute atomic E-state index is 0.0270. The molecular weight excluding hydrogens is 262 g/mol. The summed E-state index contributed by atoms with van der Waals surface area (Å²) >= 11 is 0. The molecule has 6 nitrogen and oxygen atoms in total. The number of hydrogen-bond donors (Lipinski definition) is 3. The van der Waals surface area contributed by atoms with E-state index in [9.17, 15) is 15.0 Å². The van der Waals surface area contributed by atoms with E-state index in [1.807, 2.05) is 11.8 Å². The average Bonchev–Trinajstić information content (AvgIpc) is 2.40. The molecule has 0 amide bonds. The van der Waals surface area contributed by atoms with Gasteiger partial charge in [-0.3, -0.25) is 4.90 Å². The molecule has 2 aromatic rings. The fourth-order valence-electron chi connectivity index (χ4n) is 2.11. The Bertz CT molecular complexity index is 664. The largest absolute Gasteiger partial charge is 0.504 e. The third-order valence-corrected chi connectivity index (χ3v) is 3.18. The highest BCUT2D eigenvalue weighted by molar-refractivity contribution is 5.83. The molecule has 0 radical (unpaired) electrons. The lowest BCUT2D eigenvalue weighted by atomic mass is 10.1. The first kappa shape index (κ1) is 14.4. The van der Waals surface area contributed by atoms with Gasteiger partial charge in [0.05, 0.1) is 6.61 Å². The van der Waals surface area contributed by atoms with Crippen molar-refractivity contribution in [1.29, 1.82) is 0 Å². The first-order valence-corrected chi connectivity index (χ1v) is 6.37. The Morgan fingerprint density at radius 1 is 1.20 bits per heavy atom. The van der Waals surface area contributed by atoms with Crippen LogP contribution in [0.2, 0.25) is 0 Å². The van der Waals surface area contributed by atoms with E-state index < -0.39 is 5.63 Å². The zero-order valence-corrected chi connectivity index (χ0v) is 11.2. The first-order valence-electron chi connectivity index (χ1n) is 6.37. The van der Waals surface area contributed by atoms with Crippen molar-refractivity contribution in [3.63, 3.8) is 0 Å². The number of aliphatic hydroxyl groups is 1. The highest BCUT2D eigenvalue weighted by atomic mass is 16.4. The van der Waals surface area contributed by atoms with Gasteiger partial charge in [-0.2, -0.15) is 0 Å². The third kappa shape index (κ3) is 2.92. The molecule has 0 aliphatic rings. The van der Waals surface area contributed by atoms with Crippen molar-refractivity contribution in [2.24, 2.45) is 0 Å². The Labute approximate surface area is 115 Å². The van der Waals surface area contributed by atoms with Crippen molar-refractivity contribution in [2.45, 2.75) is 13.5 Å². The van der Waals surface area contributed by atoms with Crippen LogP contribution in [0.3, 0.4) is 0 Å². The van der Waals surface area contributed by atoms with Crippen LogP contribution in [0.5, 0.6) is 11.5 Å². The molecule has 0 spiro atoms. The van der Waals surface area contributed by atoms with Gasteiger partial charge in [0.2, 0.25) is 0 Å². The molecule has 0 bridgehead atoms. The van der Waals surface area contributed by atoms with E-state index in [4.69, 9.17) is 9.52 Å². The van der Waals surface area contributed by atoms with Gasteiger partial charge in [0.1, 0.15) is 5.58 Å². The minimum atomic E-state index is -0.516. The molecule has 1 aromatic heterocycles. The minimum Gasteiger partial charge on any atom is -0.504 e. The Morgan fingerprint density at radius 3 is 2.55 bits per heavy atom. The van der Waals surface area contributed by atoms with Gasteiger partial charge in [-0.05, 0) is 18.2 Å². The highest BCUT2D eigenvalue weighted by Gasteiger charge is 2.12. The van der Waals surface area contributed by atoms with E-state index in [0.717, 1.165) is 0 Å². The number of phenols is 2. The van der Waals surface area contributed by atoms with E-state index in [1.165, 1.54) is 18.2 Å². The monoisotopic (exact) mass is 279 g/mol. The van der Waals surface area contributed by atoms with Crippen LogP contribution >= 0.6 is 0 Å². The summed E-state index contributed by atoms with van der Waals surface area (Å²) in [6, 6.07) is 3.95. The van der Waals surface area contributed by atoms with Gasteiger partial charge >= 0.3 is 5.63 Å². The molecule has 1 heterocycles. The molecule has 1 aromatic carbocycles. The van der Waals surface area contributed by atoms with E-state index in [1.54, 1.807) is 0 Å². The number of rotatable bonds is 5. The lowest BCUT2D eigenvalue weighted by molar-refractivity contribution is 0.197. The van der Waals surface area contributed by atoms with E-state index in [0.29, 0.717) is 30.6 Å². The molecule has 0 aliphatic carbocycles. The van der Waals surface area contributed by atoms with Crippen molar-refractivity contribution < 1.29 is 19.7 Å². The van der Waals surface area contributed by atoms with Crippen molar-refractivity contribution >= 4 is 11.0 Å². The average molecular weight is 279 g/mol. The Kier molecular flexibility index (Phi) is 4.26. The second-order valence-corrected chi connectivity index (χ2v) is 4.52. The molecule has 108 valence electrons. The number of hydrogen-bond acceptors (Lipinski definition) is 6. The Hall–Kier alpha value is -2.05. The van der Waals surface area contributed by atoms with Gasteiger partial charge in [0, 0.05) is 30.6 Å². The Balaban J connectivity index is 2.51. The van der Waals surface area contributed by atoms with E-state index >= 15 is 0 Å². The quantitative estimate of drug-likeness (QED) is 0.559. The van der Waals surface area contributed by atoms with E-state index in [-0.39, 0.29) is 23.7 Å². The van der Waals surface area contributed by atoms with Crippen molar-refractivity contribution in [2.75, 3.05) is 19.7 Å². The van der Waals surface area contributed by atoms with Crippen LogP contribution in [-0.4, -0.2) is 39.9 Å². The lowest BCUT2D eigenvalue weighted by Gasteiger charge is -2.19. The van der Waals surface area contributed by atoms with Crippen molar-refractivity contribution in [3.05, 3.63) is 34.2 Å². The molecule has 0 aliphatic heterocycles. The summed E-state index contributed by atoms with van der Waals surface area (Å²) in [5.41, 5.74) is 0.391. The van der Waals surface area contributed by atoms with Gasteiger partial charge < -0.3 is 19.7 Å². The number of phenolic OH excluding ortho intramolecular Hbond substituents is 2. The molecule has 3 N–H and O–H groups in total. The molecule has 20 heavy (non-hydrogen) atoms. The fraction of sp³-hybridized carbons (Fsp3) is 0.357.